The van der Waals surface area contributed by atoms with Crippen molar-refractivity contribution in [3.8, 4) is 16.9 Å². The van der Waals surface area contributed by atoms with Crippen molar-refractivity contribution in [3.63, 3.8) is 0 Å². The summed E-state index contributed by atoms with van der Waals surface area (Å²) in [5.74, 6) is 0.235. The normalized spacial score (nSPS) is 12.5. The Morgan fingerprint density at radius 2 is 1.43 bits per heavy atom. The van der Waals surface area contributed by atoms with Crippen LogP contribution in [0.3, 0.4) is 0 Å². The van der Waals surface area contributed by atoms with E-state index in [0.717, 1.165) is 17.5 Å². The summed E-state index contributed by atoms with van der Waals surface area (Å²) in [5.41, 5.74) is 3.00. The molecule has 124 valence electrons. The van der Waals surface area contributed by atoms with Crippen molar-refractivity contribution in [2.45, 2.75) is 46.5 Å². The van der Waals surface area contributed by atoms with E-state index in [0.29, 0.717) is 10.0 Å². The lowest BCUT2D eigenvalue weighted by Crippen LogP contribution is -2.24. The van der Waals surface area contributed by atoms with E-state index in [9.17, 15) is 5.11 Å². The van der Waals surface area contributed by atoms with Crippen LogP contribution in [0.15, 0.2) is 36.4 Å². The summed E-state index contributed by atoms with van der Waals surface area (Å²) >= 11 is 12.2. The minimum Gasteiger partial charge on any atom is -0.507 e. The molecule has 2 rings (SSSR count). The third-order valence-corrected chi connectivity index (χ3v) is 4.36. The first-order chi connectivity index (χ1) is 10.5. The molecule has 0 amide bonds. The monoisotopic (exact) mass is 350 g/mol. The molecule has 0 heterocycles. The summed E-state index contributed by atoms with van der Waals surface area (Å²) < 4.78 is 0. The third-order valence-electron chi connectivity index (χ3n) is 3.92. The Labute approximate surface area is 149 Å². The van der Waals surface area contributed by atoms with Crippen molar-refractivity contribution < 1.29 is 5.11 Å². The number of rotatable bonds is 3. The van der Waals surface area contributed by atoms with Crippen molar-refractivity contribution in [2.24, 2.45) is 5.41 Å². The van der Waals surface area contributed by atoms with Gasteiger partial charge in [0.25, 0.3) is 0 Å². The number of benzene rings is 2. The molecule has 3 heteroatoms. The molecule has 23 heavy (non-hydrogen) atoms. The average Bonchev–Trinajstić information content (AvgIpc) is 2.34. The van der Waals surface area contributed by atoms with Crippen LogP contribution in [-0.2, 0) is 5.41 Å². The SMILES string of the molecule is CC(C)(C)CC(C)(C)c1ccc(O)c(-c2cc(Cl)cc(Cl)c2)c1. The van der Waals surface area contributed by atoms with Gasteiger partial charge in [-0.3, -0.25) is 0 Å². The molecule has 1 nitrogen and oxygen atoms in total. The molecular formula is C20H24Cl2O. The lowest BCUT2D eigenvalue weighted by atomic mass is 9.72. The molecule has 0 saturated heterocycles. The number of phenols is 1. The lowest BCUT2D eigenvalue weighted by Gasteiger charge is -2.33. The smallest absolute Gasteiger partial charge is 0.123 e. The van der Waals surface area contributed by atoms with Gasteiger partial charge in [-0.15, -0.1) is 0 Å². The van der Waals surface area contributed by atoms with Crippen LogP contribution >= 0.6 is 23.2 Å². The first kappa shape index (κ1) is 18.2. The van der Waals surface area contributed by atoms with E-state index >= 15 is 0 Å². The van der Waals surface area contributed by atoms with Crippen LogP contribution in [0.2, 0.25) is 10.0 Å². The Balaban J connectivity index is 2.51. The average molecular weight is 351 g/mol. The molecule has 2 aromatic rings. The van der Waals surface area contributed by atoms with Crippen LogP contribution in [0, 0.1) is 5.41 Å². The van der Waals surface area contributed by atoms with Gasteiger partial charge < -0.3 is 5.11 Å². The second kappa shape index (κ2) is 6.37. The van der Waals surface area contributed by atoms with Crippen LogP contribution in [0.5, 0.6) is 5.75 Å². The molecular weight excluding hydrogens is 327 g/mol. The number of aromatic hydroxyl groups is 1. The first-order valence-corrected chi connectivity index (χ1v) is 8.53. The van der Waals surface area contributed by atoms with Crippen molar-refractivity contribution in [1.82, 2.24) is 0 Å². The molecule has 1 N–H and O–H groups in total. The van der Waals surface area contributed by atoms with Gasteiger partial charge in [-0.2, -0.15) is 0 Å². The summed E-state index contributed by atoms with van der Waals surface area (Å²) in [6.07, 6.45) is 1.04. The second-order valence-electron chi connectivity index (χ2n) is 8.01. The molecule has 0 unspecified atom stereocenters. The molecule has 2 aromatic carbocycles. The highest BCUT2D eigenvalue weighted by Crippen LogP contribution is 2.40. The van der Waals surface area contributed by atoms with E-state index in [1.165, 1.54) is 5.56 Å². The van der Waals surface area contributed by atoms with E-state index in [-0.39, 0.29) is 16.6 Å². The minimum absolute atomic E-state index is 0.00305. The van der Waals surface area contributed by atoms with Crippen LogP contribution in [0.1, 0.15) is 46.6 Å². The predicted molar refractivity (Wildman–Crippen MR) is 101 cm³/mol. The minimum atomic E-state index is 0.00305. The van der Waals surface area contributed by atoms with Crippen LogP contribution < -0.4 is 0 Å². The highest BCUT2D eigenvalue weighted by molar-refractivity contribution is 6.35. The Bertz CT molecular complexity index is 692. The fourth-order valence-electron chi connectivity index (χ4n) is 3.33. The Morgan fingerprint density at radius 3 is 1.96 bits per heavy atom. The highest BCUT2D eigenvalue weighted by Gasteiger charge is 2.28. The van der Waals surface area contributed by atoms with Crippen LogP contribution in [0.4, 0.5) is 0 Å². The van der Waals surface area contributed by atoms with Crippen molar-refractivity contribution >= 4 is 23.2 Å². The third kappa shape index (κ3) is 4.65. The van der Waals surface area contributed by atoms with Gasteiger partial charge in [-0.25, -0.2) is 0 Å². The summed E-state index contributed by atoms with van der Waals surface area (Å²) in [4.78, 5) is 0. The quantitative estimate of drug-likeness (QED) is 0.626. The molecule has 0 atom stereocenters. The zero-order valence-electron chi connectivity index (χ0n) is 14.4. The van der Waals surface area contributed by atoms with Gasteiger partial charge in [0.1, 0.15) is 5.75 Å². The van der Waals surface area contributed by atoms with E-state index in [4.69, 9.17) is 23.2 Å². The molecule has 0 aromatic heterocycles. The number of hydrogen-bond donors (Lipinski definition) is 1. The summed E-state index contributed by atoms with van der Waals surface area (Å²) in [7, 11) is 0. The van der Waals surface area contributed by atoms with Gasteiger partial charge in [0, 0.05) is 15.6 Å². The number of hydrogen-bond acceptors (Lipinski definition) is 1. The van der Waals surface area contributed by atoms with E-state index < -0.39 is 0 Å². The fraction of sp³-hybridized carbons (Fsp3) is 0.400. The summed E-state index contributed by atoms with van der Waals surface area (Å²) in [6, 6.07) is 11.1. The van der Waals surface area contributed by atoms with Gasteiger partial charge in [0.15, 0.2) is 0 Å². The number of phenolic OH excluding ortho intramolecular Hbond substituents is 1. The van der Waals surface area contributed by atoms with Gasteiger partial charge in [0.2, 0.25) is 0 Å². The molecule has 0 saturated carbocycles. The predicted octanol–water partition coefficient (Wildman–Crippen LogP) is 7.08. The van der Waals surface area contributed by atoms with Crippen LogP contribution in [0.25, 0.3) is 11.1 Å². The van der Waals surface area contributed by atoms with E-state index in [1.54, 1.807) is 12.1 Å². The second-order valence-corrected chi connectivity index (χ2v) is 8.88. The Kier molecular flexibility index (Phi) is 5.03. The maximum atomic E-state index is 10.3. The molecule has 0 radical (unpaired) electrons. The molecule has 0 aliphatic heterocycles. The first-order valence-electron chi connectivity index (χ1n) is 7.78. The van der Waals surface area contributed by atoms with Crippen molar-refractivity contribution in [1.29, 1.82) is 0 Å². The van der Waals surface area contributed by atoms with Crippen molar-refractivity contribution in [3.05, 3.63) is 52.0 Å². The lowest BCUT2D eigenvalue weighted by molar-refractivity contribution is 0.284. The zero-order chi connectivity index (χ0) is 17.4. The standard InChI is InChI=1S/C20H24Cl2O/c1-19(2,3)12-20(4,5)14-6-7-18(23)17(10-14)13-8-15(21)11-16(22)9-13/h6-11,23H,12H2,1-5H3. The van der Waals surface area contributed by atoms with Gasteiger partial charge in [0.05, 0.1) is 0 Å². The fourth-order valence-corrected chi connectivity index (χ4v) is 3.85. The maximum absolute atomic E-state index is 10.3. The highest BCUT2D eigenvalue weighted by atomic mass is 35.5. The molecule has 0 bridgehead atoms. The number of halogens is 2. The zero-order valence-corrected chi connectivity index (χ0v) is 15.9. The van der Waals surface area contributed by atoms with Gasteiger partial charge in [-0.05, 0) is 58.7 Å². The van der Waals surface area contributed by atoms with E-state index in [1.807, 2.05) is 24.3 Å². The van der Waals surface area contributed by atoms with E-state index in [2.05, 4.69) is 34.6 Å². The molecule has 0 spiro atoms. The molecule has 0 aliphatic rings. The summed E-state index contributed by atoms with van der Waals surface area (Å²) in [6.45, 7) is 11.2. The van der Waals surface area contributed by atoms with Gasteiger partial charge >= 0.3 is 0 Å². The van der Waals surface area contributed by atoms with Crippen LogP contribution in [-0.4, -0.2) is 5.11 Å². The maximum Gasteiger partial charge on any atom is 0.123 e. The molecule has 0 aliphatic carbocycles. The largest absolute Gasteiger partial charge is 0.507 e. The topological polar surface area (TPSA) is 20.2 Å². The summed E-state index contributed by atoms with van der Waals surface area (Å²) in [5, 5.41) is 11.4. The van der Waals surface area contributed by atoms with Crippen molar-refractivity contribution in [2.75, 3.05) is 0 Å². The Morgan fingerprint density at radius 1 is 0.870 bits per heavy atom. The Hall–Kier alpha value is -1.18. The van der Waals surface area contributed by atoms with Gasteiger partial charge in [-0.1, -0.05) is 63.9 Å². The molecule has 0 fully saturated rings.